The number of alkyl halides is 3. The molecule has 0 N–H and O–H groups in total. The van der Waals surface area contributed by atoms with Crippen molar-refractivity contribution >= 4 is 5.82 Å². The molecule has 0 amide bonds. The molecule has 2 aromatic rings. The van der Waals surface area contributed by atoms with Crippen LogP contribution in [0.1, 0.15) is 24.1 Å². The molecule has 0 aromatic carbocycles. The zero-order valence-electron chi connectivity index (χ0n) is 13.9. The Balaban J connectivity index is 1.64. The number of halogens is 3. The van der Waals surface area contributed by atoms with Crippen LogP contribution in [0.25, 0.3) is 0 Å². The third-order valence-electron chi connectivity index (χ3n) is 4.23. The van der Waals surface area contributed by atoms with Gasteiger partial charge in [0.2, 0.25) is 0 Å². The minimum absolute atomic E-state index is 0.139. The molecule has 0 saturated carbocycles. The SMILES string of the molecule is N#Cc1cccnc1N1CCCC(COc2ccnc(C(F)(F)F)c2)C1. The summed E-state index contributed by atoms with van der Waals surface area (Å²) >= 11 is 0. The van der Waals surface area contributed by atoms with Crippen molar-refractivity contribution in [3.63, 3.8) is 0 Å². The highest BCUT2D eigenvalue weighted by Gasteiger charge is 2.32. The molecule has 1 fully saturated rings. The van der Waals surface area contributed by atoms with Crippen LogP contribution in [0.15, 0.2) is 36.7 Å². The van der Waals surface area contributed by atoms with Crippen molar-refractivity contribution in [2.24, 2.45) is 5.92 Å². The van der Waals surface area contributed by atoms with E-state index in [0.717, 1.165) is 31.6 Å². The summed E-state index contributed by atoms with van der Waals surface area (Å²) in [6.07, 6.45) is 0.0556. The third kappa shape index (κ3) is 4.23. The molecule has 0 radical (unpaired) electrons. The minimum Gasteiger partial charge on any atom is -0.493 e. The quantitative estimate of drug-likeness (QED) is 0.831. The number of nitriles is 1. The molecule has 0 spiro atoms. The van der Waals surface area contributed by atoms with Gasteiger partial charge in [-0.05, 0) is 31.0 Å². The first-order valence-electron chi connectivity index (χ1n) is 8.23. The van der Waals surface area contributed by atoms with Crippen molar-refractivity contribution in [2.45, 2.75) is 19.0 Å². The Labute approximate surface area is 149 Å². The molecule has 3 heterocycles. The molecular formula is C18H17F3N4O. The summed E-state index contributed by atoms with van der Waals surface area (Å²) < 4.78 is 43.7. The molecule has 1 atom stereocenters. The Morgan fingerprint density at radius 1 is 1.27 bits per heavy atom. The maximum atomic E-state index is 12.7. The van der Waals surface area contributed by atoms with E-state index in [1.54, 1.807) is 18.3 Å². The number of aromatic nitrogens is 2. The predicted octanol–water partition coefficient (Wildman–Crippen LogP) is 3.66. The van der Waals surface area contributed by atoms with Crippen molar-refractivity contribution in [1.29, 1.82) is 5.26 Å². The molecular weight excluding hydrogens is 345 g/mol. The Kier molecular flexibility index (Phi) is 5.26. The van der Waals surface area contributed by atoms with Crippen LogP contribution in [0.5, 0.6) is 5.75 Å². The second kappa shape index (κ2) is 7.60. The number of piperidine rings is 1. The first-order chi connectivity index (χ1) is 12.5. The van der Waals surface area contributed by atoms with Crippen LogP contribution >= 0.6 is 0 Å². The number of pyridine rings is 2. The maximum absolute atomic E-state index is 12.7. The number of hydrogen-bond donors (Lipinski definition) is 0. The molecule has 0 aliphatic carbocycles. The van der Waals surface area contributed by atoms with Gasteiger partial charge in [0.15, 0.2) is 0 Å². The van der Waals surface area contributed by atoms with Crippen molar-refractivity contribution in [1.82, 2.24) is 9.97 Å². The van der Waals surface area contributed by atoms with Gasteiger partial charge in [-0.15, -0.1) is 0 Å². The van der Waals surface area contributed by atoms with Gasteiger partial charge in [0.25, 0.3) is 0 Å². The zero-order valence-corrected chi connectivity index (χ0v) is 13.9. The normalized spacial score (nSPS) is 17.6. The average molecular weight is 362 g/mol. The van der Waals surface area contributed by atoms with Gasteiger partial charge in [-0.3, -0.25) is 4.98 Å². The molecule has 3 rings (SSSR count). The molecule has 0 bridgehead atoms. The van der Waals surface area contributed by atoms with Crippen LogP contribution < -0.4 is 9.64 Å². The second-order valence-corrected chi connectivity index (χ2v) is 6.13. The van der Waals surface area contributed by atoms with E-state index in [4.69, 9.17) is 4.74 Å². The van der Waals surface area contributed by atoms with Gasteiger partial charge in [-0.1, -0.05) is 0 Å². The van der Waals surface area contributed by atoms with Crippen LogP contribution in [-0.4, -0.2) is 29.7 Å². The molecule has 1 aliphatic heterocycles. The number of rotatable bonds is 4. The van der Waals surface area contributed by atoms with Crippen LogP contribution in [0.4, 0.5) is 19.0 Å². The van der Waals surface area contributed by atoms with E-state index in [1.807, 2.05) is 4.90 Å². The Morgan fingerprint density at radius 2 is 2.12 bits per heavy atom. The minimum atomic E-state index is -4.49. The molecule has 1 unspecified atom stereocenters. The number of nitrogens with zero attached hydrogens (tertiary/aromatic N) is 4. The van der Waals surface area contributed by atoms with Crippen molar-refractivity contribution in [3.8, 4) is 11.8 Å². The molecule has 2 aromatic heterocycles. The average Bonchev–Trinajstić information content (AvgIpc) is 2.66. The predicted molar refractivity (Wildman–Crippen MR) is 88.6 cm³/mol. The van der Waals surface area contributed by atoms with Crippen molar-refractivity contribution < 1.29 is 17.9 Å². The summed E-state index contributed by atoms with van der Waals surface area (Å²) in [5, 5.41) is 9.22. The van der Waals surface area contributed by atoms with Gasteiger partial charge >= 0.3 is 6.18 Å². The highest BCUT2D eigenvalue weighted by atomic mass is 19.4. The number of hydrogen-bond acceptors (Lipinski definition) is 5. The van der Waals surface area contributed by atoms with E-state index >= 15 is 0 Å². The lowest BCUT2D eigenvalue weighted by Gasteiger charge is -2.33. The van der Waals surface area contributed by atoms with Gasteiger partial charge < -0.3 is 9.64 Å². The summed E-state index contributed by atoms with van der Waals surface area (Å²) in [7, 11) is 0. The zero-order chi connectivity index (χ0) is 18.6. The summed E-state index contributed by atoms with van der Waals surface area (Å²) in [5.41, 5.74) is -0.453. The van der Waals surface area contributed by atoms with Gasteiger partial charge in [0.05, 0.1) is 12.2 Å². The Hall–Kier alpha value is -2.82. The van der Waals surface area contributed by atoms with E-state index in [-0.39, 0.29) is 11.7 Å². The van der Waals surface area contributed by atoms with Gasteiger partial charge in [0, 0.05) is 37.5 Å². The molecule has 8 heteroatoms. The van der Waals surface area contributed by atoms with Crippen molar-refractivity contribution in [2.75, 3.05) is 24.6 Å². The lowest BCUT2D eigenvalue weighted by atomic mass is 9.98. The lowest BCUT2D eigenvalue weighted by molar-refractivity contribution is -0.141. The van der Waals surface area contributed by atoms with E-state index < -0.39 is 11.9 Å². The molecule has 1 saturated heterocycles. The van der Waals surface area contributed by atoms with E-state index in [2.05, 4.69) is 16.0 Å². The van der Waals surface area contributed by atoms with Gasteiger partial charge in [0.1, 0.15) is 23.3 Å². The smallest absolute Gasteiger partial charge is 0.433 e. The largest absolute Gasteiger partial charge is 0.493 e. The fourth-order valence-corrected chi connectivity index (χ4v) is 3.00. The first-order valence-corrected chi connectivity index (χ1v) is 8.23. The molecule has 5 nitrogen and oxygen atoms in total. The Bertz CT molecular complexity index is 804. The maximum Gasteiger partial charge on any atom is 0.433 e. The highest BCUT2D eigenvalue weighted by molar-refractivity contribution is 5.53. The molecule has 136 valence electrons. The topological polar surface area (TPSA) is 62.0 Å². The van der Waals surface area contributed by atoms with Crippen LogP contribution in [-0.2, 0) is 6.18 Å². The molecule has 26 heavy (non-hydrogen) atoms. The molecule has 1 aliphatic rings. The summed E-state index contributed by atoms with van der Waals surface area (Å²) in [4.78, 5) is 9.65. The van der Waals surface area contributed by atoms with Crippen LogP contribution in [0.2, 0.25) is 0 Å². The standard InChI is InChI=1S/C18H17F3N4O/c19-18(20,21)16-9-15(5-7-23-16)26-12-13-3-2-8-25(11-13)17-14(10-22)4-1-6-24-17/h1,4-7,9,13H,2-3,8,11-12H2. The summed E-state index contributed by atoms with van der Waals surface area (Å²) in [6.45, 7) is 1.73. The van der Waals surface area contributed by atoms with Crippen LogP contribution in [0, 0.1) is 17.2 Å². The number of ether oxygens (including phenoxy) is 1. The monoisotopic (exact) mass is 362 g/mol. The number of anilines is 1. The first kappa shape index (κ1) is 18.0. The second-order valence-electron chi connectivity index (χ2n) is 6.13. The van der Waals surface area contributed by atoms with Gasteiger partial charge in [-0.25, -0.2) is 4.98 Å². The fraction of sp³-hybridized carbons (Fsp3) is 0.389. The van der Waals surface area contributed by atoms with Crippen molar-refractivity contribution in [3.05, 3.63) is 47.9 Å². The van der Waals surface area contributed by atoms with Gasteiger partial charge in [-0.2, -0.15) is 18.4 Å². The van der Waals surface area contributed by atoms with E-state index in [1.165, 1.54) is 6.07 Å². The fourth-order valence-electron chi connectivity index (χ4n) is 3.00. The summed E-state index contributed by atoms with van der Waals surface area (Å²) in [6, 6.07) is 7.90. The lowest BCUT2D eigenvalue weighted by Crippen LogP contribution is -2.38. The Morgan fingerprint density at radius 3 is 2.88 bits per heavy atom. The van der Waals surface area contributed by atoms with E-state index in [0.29, 0.717) is 24.5 Å². The third-order valence-corrected chi connectivity index (χ3v) is 4.23. The summed E-state index contributed by atoms with van der Waals surface area (Å²) in [5.74, 6) is 0.933. The van der Waals surface area contributed by atoms with E-state index in [9.17, 15) is 18.4 Å². The highest BCUT2D eigenvalue weighted by Crippen LogP contribution is 2.30. The van der Waals surface area contributed by atoms with Crippen LogP contribution in [0.3, 0.4) is 0 Å².